The van der Waals surface area contributed by atoms with Crippen LogP contribution in [0.25, 0.3) is 0 Å². The molecule has 214 valence electrons. The van der Waals surface area contributed by atoms with Crippen LogP contribution in [-0.4, -0.2) is 108 Å². The van der Waals surface area contributed by atoms with Gasteiger partial charge in [0.15, 0.2) is 0 Å². The zero-order chi connectivity index (χ0) is 27.6. The van der Waals surface area contributed by atoms with Gasteiger partial charge in [0.1, 0.15) is 11.6 Å². The number of benzene rings is 1. The molecule has 0 radical (unpaired) electrons. The van der Waals surface area contributed by atoms with Crippen molar-refractivity contribution < 1.29 is 29.0 Å². The third-order valence-corrected chi connectivity index (χ3v) is 9.04. The first kappa shape index (κ1) is 28.0. The predicted octanol–water partition coefficient (Wildman–Crippen LogP) is 0.329. The Morgan fingerprint density at radius 2 is 1.82 bits per heavy atom. The molecule has 6 atom stereocenters. The van der Waals surface area contributed by atoms with E-state index in [2.05, 4.69) is 15.5 Å². The number of carbonyl (C=O) groups excluding carboxylic acids is 3. The first-order chi connectivity index (χ1) is 18.8. The molecule has 1 aromatic rings. The van der Waals surface area contributed by atoms with Gasteiger partial charge >= 0.3 is 0 Å². The molecule has 39 heavy (non-hydrogen) atoms. The largest absolute Gasteiger partial charge is 0.394 e. The standard InChI is InChI=1S/C29H42N4O6/c1-3-11-30-25(35)22-23-27(37)33(21(19-34)18-20-7-5-4-6-8-20)24(29(23)10-9-28(22,2)39-29)26(36)31-12-13-32-14-16-38-17-15-32/h4-8,21-24,34H,3,9-19H2,1-2H3,(H,30,35)(H,31,36)/t21-,22+,23+,24?,28-,29?/m1/s1. The van der Waals surface area contributed by atoms with E-state index in [0.717, 1.165) is 25.1 Å². The molecule has 4 aliphatic heterocycles. The van der Waals surface area contributed by atoms with Gasteiger partial charge in [0, 0.05) is 32.7 Å². The molecule has 2 unspecified atom stereocenters. The lowest BCUT2D eigenvalue weighted by molar-refractivity contribution is -0.149. The van der Waals surface area contributed by atoms with Crippen molar-refractivity contribution in [1.82, 2.24) is 20.4 Å². The molecule has 0 saturated carbocycles. The van der Waals surface area contributed by atoms with Gasteiger partial charge in [0.05, 0.1) is 43.3 Å². The van der Waals surface area contributed by atoms with Gasteiger partial charge in [-0.1, -0.05) is 37.3 Å². The van der Waals surface area contributed by atoms with Crippen LogP contribution < -0.4 is 10.6 Å². The van der Waals surface area contributed by atoms with E-state index in [1.165, 1.54) is 0 Å². The summed E-state index contributed by atoms with van der Waals surface area (Å²) in [5, 5.41) is 16.6. The molecule has 4 saturated heterocycles. The van der Waals surface area contributed by atoms with Crippen LogP contribution in [0.5, 0.6) is 0 Å². The van der Waals surface area contributed by atoms with Crippen LogP contribution in [0.2, 0.25) is 0 Å². The van der Waals surface area contributed by atoms with Crippen molar-refractivity contribution in [3.05, 3.63) is 35.9 Å². The van der Waals surface area contributed by atoms with E-state index >= 15 is 0 Å². The minimum atomic E-state index is -1.10. The molecule has 1 spiro atoms. The first-order valence-corrected chi connectivity index (χ1v) is 14.4. The molecule has 4 heterocycles. The Kier molecular flexibility index (Phi) is 8.28. The number of ether oxygens (including phenoxy) is 2. The minimum absolute atomic E-state index is 0.198. The fraction of sp³-hybridized carbons (Fsp3) is 0.690. The van der Waals surface area contributed by atoms with Gasteiger partial charge in [-0.25, -0.2) is 0 Å². The lowest BCUT2D eigenvalue weighted by atomic mass is 9.66. The van der Waals surface area contributed by atoms with Crippen LogP contribution in [0.4, 0.5) is 0 Å². The molecule has 4 fully saturated rings. The summed E-state index contributed by atoms with van der Waals surface area (Å²) < 4.78 is 12.1. The highest BCUT2D eigenvalue weighted by molar-refractivity contribution is 5.99. The van der Waals surface area contributed by atoms with E-state index in [4.69, 9.17) is 9.47 Å². The topological polar surface area (TPSA) is 120 Å². The Morgan fingerprint density at radius 1 is 1.10 bits per heavy atom. The normalized spacial score (nSPS) is 32.7. The number of nitrogens with zero attached hydrogens (tertiary/aromatic N) is 2. The van der Waals surface area contributed by atoms with Gasteiger partial charge in [-0.2, -0.15) is 0 Å². The number of aliphatic hydroxyl groups is 1. The van der Waals surface area contributed by atoms with Gasteiger partial charge in [-0.3, -0.25) is 19.3 Å². The molecule has 4 aliphatic rings. The van der Waals surface area contributed by atoms with Crippen LogP contribution in [0.15, 0.2) is 30.3 Å². The number of hydrogen-bond donors (Lipinski definition) is 3. The summed E-state index contributed by atoms with van der Waals surface area (Å²) in [6.07, 6.45) is 2.28. The smallest absolute Gasteiger partial charge is 0.245 e. The molecule has 0 aromatic heterocycles. The highest BCUT2D eigenvalue weighted by atomic mass is 16.5. The van der Waals surface area contributed by atoms with Gasteiger partial charge < -0.3 is 30.1 Å². The Morgan fingerprint density at radius 3 is 2.51 bits per heavy atom. The Hall–Kier alpha value is -2.53. The van der Waals surface area contributed by atoms with Crippen LogP contribution in [0, 0.1) is 11.8 Å². The summed E-state index contributed by atoms with van der Waals surface area (Å²) in [5.41, 5.74) is -0.961. The maximum atomic E-state index is 14.3. The number of amides is 3. The van der Waals surface area contributed by atoms with Crippen LogP contribution in [-0.2, 0) is 30.3 Å². The monoisotopic (exact) mass is 542 g/mol. The summed E-state index contributed by atoms with van der Waals surface area (Å²) in [4.78, 5) is 45.5. The second-order valence-corrected chi connectivity index (χ2v) is 11.5. The maximum Gasteiger partial charge on any atom is 0.245 e. The van der Waals surface area contributed by atoms with E-state index in [0.29, 0.717) is 52.1 Å². The number of rotatable bonds is 11. The number of nitrogens with one attached hydrogen (secondary N) is 2. The van der Waals surface area contributed by atoms with E-state index in [1.54, 1.807) is 4.90 Å². The molecule has 2 bridgehead atoms. The fourth-order valence-electron chi connectivity index (χ4n) is 7.21. The van der Waals surface area contributed by atoms with Crippen LogP contribution in [0.1, 0.15) is 38.7 Å². The maximum absolute atomic E-state index is 14.3. The fourth-order valence-corrected chi connectivity index (χ4v) is 7.21. The quantitative estimate of drug-likeness (QED) is 0.369. The van der Waals surface area contributed by atoms with E-state index in [9.17, 15) is 19.5 Å². The zero-order valence-corrected chi connectivity index (χ0v) is 23.1. The second kappa shape index (κ2) is 11.5. The van der Waals surface area contributed by atoms with Gasteiger partial charge in [-0.05, 0) is 38.2 Å². The Balaban J connectivity index is 1.44. The van der Waals surface area contributed by atoms with E-state index in [1.807, 2.05) is 44.2 Å². The molecular formula is C29H42N4O6. The minimum Gasteiger partial charge on any atom is -0.394 e. The summed E-state index contributed by atoms with van der Waals surface area (Å²) >= 11 is 0. The van der Waals surface area contributed by atoms with Crippen molar-refractivity contribution in [3.63, 3.8) is 0 Å². The van der Waals surface area contributed by atoms with E-state index < -0.39 is 35.1 Å². The van der Waals surface area contributed by atoms with Crippen molar-refractivity contribution >= 4 is 17.7 Å². The van der Waals surface area contributed by atoms with Gasteiger partial charge in [0.25, 0.3) is 0 Å². The molecule has 0 aliphatic carbocycles. The number of carbonyl (C=O) groups is 3. The molecule has 10 nitrogen and oxygen atoms in total. The number of aliphatic hydroxyl groups excluding tert-OH is 1. The third kappa shape index (κ3) is 5.08. The zero-order valence-electron chi connectivity index (χ0n) is 23.1. The average molecular weight is 543 g/mol. The number of hydrogen-bond acceptors (Lipinski definition) is 7. The second-order valence-electron chi connectivity index (χ2n) is 11.5. The number of likely N-dealkylation sites (tertiary alicyclic amines) is 1. The molecule has 3 amide bonds. The highest BCUT2D eigenvalue weighted by Crippen LogP contribution is 2.63. The summed E-state index contributed by atoms with van der Waals surface area (Å²) in [7, 11) is 0. The molecule has 10 heteroatoms. The SMILES string of the molecule is CCCNC(=O)[C@@H]1[C@H]2C(=O)N([C@@H](CO)Cc3ccccc3)C(C(=O)NCCN3CCOCC3)C23CC[C@@]1(C)O3. The van der Waals surface area contributed by atoms with Crippen molar-refractivity contribution in [2.45, 2.75) is 62.8 Å². The predicted molar refractivity (Wildman–Crippen MR) is 144 cm³/mol. The Bertz CT molecular complexity index is 1050. The van der Waals surface area contributed by atoms with Gasteiger partial charge in [-0.15, -0.1) is 0 Å². The summed E-state index contributed by atoms with van der Waals surface area (Å²) in [5.74, 6) is -2.22. The average Bonchev–Trinajstić information content (AvgIpc) is 3.52. The van der Waals surface area contributed by atoms with Crippen molar-refractivity contribution in [2.24, 2.45) is 11.8 Å². The van der Waals surface area contributed by atoms with Crippen LogP contribution >= 0.6 is 0 Å². The first-order valence-electron chi connectivity index (χ1n) is 14.4. The Labute approximate surface area is 230 Å². The molecule has 3 N–H and O–H groups in total. The van der Waals surface area contributed by atoms with Gasteiger partial charge in [0.2, 0.25) is 17.7 Å². The van der Waals surface area contributed by atoms with Crippen molar-refractivity contribution in [1.29, 1.82) is 0 Å². The number of morpholine rings is 1. The molecule has 5 rings (SSSR count). The van der Waals surface area contributed by atoms with Crippen molar-refractivity contribution in [3.8, 4) is 0 Å². The van der Waals surface area contributed by atoms with Crippen molar-refractivity contribution in [2.75, 3.05) is 52.5 Å². The highest BCUT2D eigenvalue weighted by Gasteiger charge is 2.78. The van der Waals surface area contributed by atoms with E-state index in [-0.39, 0.29) is 24.3 Å². The van der Waals surface area contributed by atoms with Crippen LogP contribution in [0.3, 0.4) is 0 Å². The summed E-state index contributed by atoms with van der Waals surface area (Å²) in [6.45, 7) is 8.19. The summed E-state index contributed by atoms with van der Waals surface area (Å²) in [6, 6.07) is 8.10. The third-order valence-electron chi connectivity index (χ3n) is 9.04. The lowest BCUT2D eigenvalue weighted by Crippen LogP contribution is -2.59. The molecule has 1 aromatic carbocycles. The lowest BCUT2D eigenvalue weighted by Gasteiger charge is -2.37. The molecular weight excluding hydrogens is 500 g/mol. The number of fused-ring (bicyclic) bond motifs is 1.